The average Bonchev–Trinajstić information content (AvgIpc) is 3.21. The second-order valence-electron chi connectivity index (χ2n) is 5.44. The lowest BCUT2D eigenvalue weighted by atomic mass is 10.3. The first-order chi connectivity index (χ1) is 12.0. The van der Waals surface area contributed by atoms with Crippen molar-refractivity contribution < 1.29 is 9.59 Å². The quantitative estimate of drug-likeness (QED) is 0.675. The molecular weight excluding hydrogens is 322 g/mol. The zero-order chi connectivity index (χ0) is 17.8. The first-order valence-electron chi connectivity index (χ1n) is 7.61. The predicted octanol–water partition coefficient (Wildman–Crippen LogP) is 0.542. The highest BCUT2D eigenvalue weighted by atomic mass is 16.2. The number of aromatic nitrogens is 5. The van der Waals surface area contributed by atoms with Gasteiger partial charge >= 0.3 is 0 Å². The molecule has 9 nitrogen and oxygen atoms in total. The Morgan fingerprint density at radius 3 is 2.52 bits per heavy atom. The molecule has 25 heavy (non-hydrogen) atoms. The van der Waals surface area contributed by atoms with Crippen LogP contribution in [-0.2, 0) is 11.3 Å². The normalized spacial score (nSPS) is 10.5. The van der Waals surface area contributed by atoms with Gasteiger partial charge in [0.1, 0.15) is 6.54 Å². The molecule has 2 N–H and O–H groups in total. The molecule has 3 aromatic rings. The highest BCUT2D eigenvalue weighted by Crippen LogP contribution is 2.04. The number of amides is 2. The van der Waals surface area contributed by atoms with Gasteiger partial charge in [0.2, 0.25) is 0 Å². The number of carbonyl (C=O) groups is 2. The van der Waals surface area contributed by atoms with E-state index in [1.165, 1.54) is 11.0 Å². The molecule has 0 atom stereocenters. The summed E-state index contributed by atoms with van der Waals surface area (Å²) in [5, 5.41) is 12.3. The van der Waals surface area contributed by atoms with E-state index in [4.69, 9.17) is 0 Å². The Morgan fingerprint density at radius 1 is 1.08 bits per heavy atom. The summed E-state index contributed by atoms with van der Waals surface area (Å²) in [4.78, 5) is 25.3. The molecule has 0 aliphatic heterocycles. The highest BCUT2D eigenvalue weighted by Gasteiger charge is 2.13. The molecule has 128 valence electrons. The SMILES string of the molecule is Cc1cc(C)n(CC(=O)NNC(=O)c2cnn(-c3ccccc3)n2)n1. The Labute approximate surface area is 143 Å². The van der Waals surface area contributed by atoms with Crippen LogP contribution in [0.5, 0.6) is 0 Å². The van der Waals surface area contributed by atoms with E-state index < -0.39 is 11.8 Å². The van der Waals surface area contributed by atoms with Crippen molar-refractivity contribution in [3.05, 3.63) is 59.7 Å². The predicted molar refractivity (Wildman–Crippen MR) is 88.7 cm³/mol. The van der Waals surface area contributed by atoms with Gasteiger partial charge in [0.05, 0.1) is 17.6 Å². The Hall–Kier alpha value is -3.49. The van der Waals surface area contributed by atoms with Gasteiger partial charge in [-0.2, -0.15) is 15.0 Å². The Morgan fingerprint density at radius 2 is 1.84 bits per heavy atom. The van der Waals surface area contributed by atoms with Gasteiger partial charge in [0.25, 0.3) is 11.8 Å². The molecule has 2 amide bonds. The van der Waals surface area contributed by atoms with Crippen molar-refractivity contribution in [2.75, 3.05) is 0 Å². The van der Waals surface area contributed by atoms with Crippen LogP contribution in [0.25, 0.3) is 5.69 Å². The number of nitrogens with zero attached hydrogens (tertiary/aromatic N) is 5. The third-order valence-corrected chi connectivity index (χ3v) is 3.42. The Kier molecular flexibility index (Phi) is 4.55. The van der Waals surface area contributed by atoms with E-state index in [-0.39, 0.29) is 12.2 Å². The van der Waals surface area contributed by atoms with Crippen LogP contribution in [0.2, 0.25) is 0 Å². The largest absolute Gasteiger partial charge is 0.291 e. The minimum absolute atomic E-state index is 0.0106. The molecule has 2 aromatic heterocycles. The lowest BCUT2D eigenvalue weighted by Gasteiger charge is -2.07. The highest BCUT2D eigenvalue weighted by molar-refractivity contribution is 5.93. The zero-order valence-electron chi connectivity index (χ0n) is 13.8. The second-order valence-corrected chi connectivity index (χ2v) is 5.44. The van der Waals surface area contributed by atoms with Crippen LogP contribution in [0.3, 0.4) is 0 Å². The van der Waals surface area contributed by atoms with E-state index in [0.29, 0.717) is 0 Å². The maximum Gasteiger partial charge on any atom is 0.291 e. The molecular formula is C16H17N7O2. The topological polar surface area (TPSA) is 107 Å². The number of aryl methyl sites for hydroxylation is 2. The van der Waals surface area contributed by atoms with Crippen LogP contribution in [0, 0.1) is 13.8 Å². The third kappa shape index (κ3) is 3.89. The van der Waals surface area contributed by atoms with Crippen molar-refractivity contribution in [3.8, 4) is 5.69 Å². The zero-order valence-corrected chi connectivity index (χ0v) is 13.8. The molecule has 0 unspecified atom stereocenters. The maximum absolute atomic E-state index is 12.1. The van der Waals surface area contributed by atoms with E-state index in [2.05, 4.69) is 26.1 Å². The van der Waals surface area contributed by atoms with Crippen molar-refractivity contribution in [1.29, 1.82) is 0 Å². The Bertz CT molecular complexity index is 898. The molecule has 0 saturated heterocycles. The number of hydrogen-bond acceptors (Lipinski definition) is 5. The molecule has 3 rings (SSSR count). The molecule has 0 bridgehead atoms. The smallest absolute Gasteiger partial charge is 0.271 e. The minimum Gasteiger partial charge on any atom is -0.271 e. The van der Waals surface area contributed by atoms with Gasteiger partial charge < -0.3 is 0 Å². The van der Waals surface area contributed by atoms with E-state index in [1.54, 1.807) is 4.68 Å². The summed E-state index contributed by atoms with van der Waals surface area (Å²) in [7, 11) is 0. The van der Waals surface area contributed by atoms with Gasteiger partial charge in [0.15, 0.2) is 5.69 Å². The molecule has 0 aliphatic carbocycles. The van der Waals surface area contributed by atoms with Crippen LogP contribution < -0.4 is 10.9 Å². The number of benzene rings is 1. The van der Waals surface area contributed by atoms with E-state index in [0.717, 1.165) is 17.1 Å². The molecule has 0 fully saturated rings. The fourth-order valence-electron chi connectivity index (χ4n) is 2.25. The van der Waals surface area contributed by atoms with Crippen LogP contribution in [-0.4, -0.2) is 36.6 Å². The van der Waals surface area contributed by atoms with E-state index in [1.807, 2.05) is 50.2 Å². The number of hydrazine groups is 1. The summed E-state index contributed by atoms with van der Waals surface area (Å²) >= 11 is 0. The van der Waals surface area contributed by atoms with E-state index in [9.17, 15) is 9.59 Å². The number of hydrogen-bond donors (Lipinski definition) is 2. The molecule has 1 aromatic carbocycles. The molecule has 0 saturated carbocycles. The number of rotatable bonds is 4. The summed E-state index contributed by atoms with van der Waals surface area (Å²) in [6.45, 7) is 3.71. The monoisotopic (exact) mass is 339 g/mol. The second kappa shape index (κ2) is 6.95. The lowest BCUT2D eigenvalue weighted by molar-refractivity contribution is -0.122. The number of carbonyl (C=O) groups excluding carboxylic acids is 2. The standard InChI is InChI=1S/C16H17N7O2/c1-11-8-12(2)22(20-11)10-15(24)18-19-16(25)14-9-17-23(21-14)13-6-4-3-5-7-13/h3-9H,10H2,1-2H3,(H,18,24)(H,19,25). The summed E-state index contributed by atoms with van der Waals surface area (Å²) in [6.07, 6.45) is 1.33. The first kappa shape index (κ1) is 16.4. The van der Waals surface area contributed by atoms with Crippen LogP contribution in [0.4, 0.5) is 0 Å². The first-order valence-corrected chi connectivity index (χ1v) is 7.61. The van der Waals surface area contributed by atoms with Crippen LogP contribution >= 0.6 is 0 Å². The fraction of sp³-hybridized carbons (Fsp3) is 0.188. The van der Waals surface area contributed by atoms with Crippen molar-refractivity contribution in [2.24, 2.45) is 0 Å². The molecule has 2 heterocycles. The van der Waals surface area contributed by atoms with Crippen molar-refractivity contribution in [2.45, 2.75) is 20.4 Å². The minimum atomic E-state index is -0.552. The molecule has 0 aliphatic rings. The summed E-state index contributed by atoms with van der Waals surface area (Å²) < 4.78 is 1.56. The van der Waals surface area contributed by atoms with Gasteiger partial charge in [-0.15, -0.1) is 5.10 Å². The van der Waals surface area contributed by atoms with Crippen molar-refractivity contribution >= 4 is 11.8 Å². The van der Waals surface area contributed by atoms with Gasteiger partial charge in [-0.1, -0.05) is 18.2 Å². The third-order valence-electron chi connectivity index (χ3n) is 3.42. The van der Waals surface area contributed by atoms with Gasteiger partial charge in [-0.25, -0.2) is 0 Å². The summed E-state index contributed by atoms with van der Waals surface area (Å²) in [6, 6.07) is 11.1. The average molecular weight is 339 g/mol. The number of nitrogens with one attached hydrogen (secondary N) is 2. The van der Waals surface area contributed by atoms with Gasteiger partial charge in [-0.3, -0.25) is 25.1 Å². The molecule has 9 heteroatoms. The van der Waals surface area contributed by atoms with Crippen LogP contribution in [0.1, 0.15) is 21.9 Å². The van der Waals surface area contributed by atoms with E-state index >= 15 is 0 Å². The summed E-state index contributed by atoms with van der Waals surface area (Å²) in [5.41, 5.74) is 7.17. The van der Waals surface area contributed by atoms with Gasteiger partial charge in [0, 0.05) is 5.69 Å². The van der Waals surface area contributed by atoms with Crippen LogP contribution in [0.15, 0.2) is 42.6 Å². The molecule has 0 radical (unpaired) electrons. The maximum atomic E-state index is 12.1. The fourth-order valence-corrected chi connectivity index (χ4v) is 2.25. The number of para-hydroxylation sites is 1. The van der Waals surface area contributed by atoms with Crippen molar-refractivity contribution in [3.63, 3.8) is 0 Å². The molecule has 0 spiro atoms. The summed E-state index contributed by atoms with van der Waals surface area (Å²) in [5.74, 6) is -0.945. The lowest BCUT2D eigenvalue weighted by Crippen LogP contribution is -2.43. The Balaban J connectivity index is 1.57. The van der Waals surface area contributed by atoms with Crippen molar-refractivity contribution in [1.82, 2.24) is 35.6 Å². The van der Waals surface area contributed by atoms with Gasteiger partial charge in [-0.05, 0) is 32.0 Å².